The Hall–Kier alpha value is -5.79. The summed E-state index contributed by atoms with van der Waals surface area (Å²) >= 11 is 0. The number of Topliss-reactive ketones (excluding diaryl/α,β-unsaturated/α-hetero) is 1. The Labute approximate surface area is 337 Å². The molecule has 0 saturated carbocycles. The second-order valence-corrected chi connectivity index (χ2v) is 15.4. The number of carbonyl (C=O) groups is 4. The summed E-state index contributed by atoms with van der Waals surface area (Å²) in [5.74, 6) is -2.24. The summed E-state index contributed by atoms with van der Waals surface area (Å²) in [6.07, 6.45) is 6.38. The number of likely N-dealkylation sites (tertiary alicyclic amines) is 1. The standard InChI is InChI=1S/C44H53N3O11/c1-26-10-8-13-31(48)12-7-5-6-11-28-19-34(49)41(42(53)40(28)44(54)58-26)32(29-20-35(55-2)43(57-4)36(21-29)56-3)22-37(50)45-17-16-38(51)46-23-27-18-30(25-46)33-14-9-15-39(52)47(33)24-27/h6,9,11,14-15,19-21,26-27,30,32,49,53H,5,7-8,10,12-13,16-18,22-25H2,1-4H3,(H,45,50)/b11-6+/t26-,27+,30-,32?/m0/s1. The van der Waals surface area contributed by atoms with Crippen molar-refractivity contribution in [3.63, 3.8) is 0 Å². The Morgan fingerprint density at radius 3 is 2.43 bits per heavy atom. The highest BCUT2D eigenvalue weighted by Gasteiger charge is 2.36. The molecule has 14 nitrogen and oxygen atoms in total. The van der Waals surface area contributed by atoms with Crippen molar-refractivity contribution in [2.24, 2.45) is 5.92 Å². The van der Waals surface area contributed by atoms with Crippen molar-refractivity contribution in [2.75, 3.05) is 41.0 Å². The number of hydrogen-bond acceptors (Lipinski definition) is 11. The van der Waals surface area contributed by atoms with E-state index in [4.69, 9.17) is 18.9 Å². The lowest BCUT2D eigenvalue weighted by molar-refractivity contribution is -0.134. The molecule has 1 aromatic heterocycles. The van der Waals surface area contributed by atoms with Crippen molar-refractivity contribution in [3.05, 3.63) is 80.8 Å². The molecule has 3 aromatic rings. The zero-order valence-electron chi connectivity index (χ0n) is 33.6. The summed E-state index contributed by atoms with van der Waals surface area (Å²) in [6, 6.07) is 9.82. The summed E-state index contributed by atoms with van der Waals surface area (Å²) in [4.78, 5) is 67.7. The van der Waals surface area contributed by atoms with Crippen LogP contribution in [0.5, 0.6) is 28.7 Å². The number of nitrogens with one attached hydrogen (secondary N) is 1. The molecule has 1 fully saturated rings. The van der Waals surface area contributed by atoms with Gasteiger partial charge in [-0.2, -0.15) is 0 Å². The summed E-state index contributed by atoms with van der Waals surface area (Å²) in [6.45, 7) is 3.33. The minimum Gasteiger partial charge on any atom is -0.507 e. The van der Waals surface area contributed by atoms with E-state index in [1.807, 2.05) is 15.5 Å². The summed E-state index contributed by atoms with van der Waals surface area (Å²) < 4.78 is 24.3. The first kappa shape index (κ1) is 41.8. The molecule has 1 saturated heterocycles. The number of benzene rings is 2. The molecule has 2 aromatic carbocycles. The van der Waals surface area contributed by atoms with E-state index < -0.39 is 29.6 Å². The van der Waals surface area contributed by atoms with Gasteiger partial charge in [0, 0.05) is 81.0 Å². The smallest absolute Gasteiger partial charge is 0.342 e. The van der Waals surface area contributed by atoms with Gasteiger partial charge in [0.15, 0.2) is 11.5 Å². The van der Waals surface area contributed by atoms with Crippen molar-refractivity contribution in [2.45, 2.75) is 89.2 Å². The lowest BCUT2D eigenvalue weighted by Crippen LogP contribution is -2.49. The highest BCUT2D eigenvalue weighted by molar-refractivity contribution is 5.98. The second-order valence-electron chi connectivity index (χ2n) is 15.4. The second kappa shape index (κ2) is 18.6. The van der Waals surface area contributed by atoms with Gasteiger partial charge in [0.2, 0.25) is 17.6 Å². The van der Waals surface area contributed by atoms with Gasteiger partial charge >= 0.3 is 5.97 Å². The van der Waals surface area contributed by atoms with Crippen molar-refractivity contribution < 1.29 is 48.3 Å². The fourth-order valence-electron chi connectivity index (χ4n) is 8.53. The van der Waals surface area contributed by atoms with Crippen LogP contribution in [0, 0.1) is 5.92 Å². The number of phenols is 2. The quantitative estimate of drug-likeness (QED) is 0.222. The number of rotatable bonds is 10. The maximum Gasteiger partial charge on any atom is 0.342 e. The number of cyclic esters (lactones) is 1. The molecule has 4 heterocycles. The topological polar surface area (TPSA) is 183 Å². The molecule has 310 valence electrons. The molecular formula is C44H53N3O11. The molecule has 2 amide bonds. The first-order valence-electron chi connectivity index (χ1n) is 19.9. The number of ketones is 1. The minimum atomic E-state index is -1.06. The van der Waals surface area contributed by atoms with Gasteiger partial charge in [-0.05, 0) is 80.3 Å². The maximum atomic E-state index is 13.8. The van der Waals surface area contributed by atoms with Crippen molar-refractivity contribution >= 4 is 29.6 Å². The zero-order valence-corrected chi connectivity index (χ0v) is 33.6. The van der Waals surface area contributed by atoms with Crippen LogP contribution in [0.15, 0.2) is 47.3 Å². The van der Waals surface area contributed by atoms with Gasteiger partial charge in [0.05, 0.1) is 27.4 Å². The number of phenolic OH excluding ortho intramolecular Hbond substituents is 2. The number of methoxy groups -OCH3 is 3. The van der Waals surface area contributed by atoms with E-state index in [9.17, 15) is 34.2 Å². The van der Waals surface area contributed by atoms with Gasteiger partial charge < -0.3 is 43.9 Å². The highest BCUT2D eigenvalue weighted by atomic mass is 16.5. The van der Waals surface area contributed by atoms with Gasteiger partial charge in [-0.1, -0.05) is 18.2 Å². The average molecular weight is 800 g/mol. The number of piperidine rings is 1. The van der Waals surface area contributed by atoms with Crippen LogP contribution in [-0.2, 0) is 25.7 Å². The number of esters is 1. The summed E-state index contributed by atoms with van der Waals surface area (Å²) in [7, 11) is 4.33. The average Bonchev–Trinajstić information content (AvgIpc) is 3.19. The number of allylic oxidation sites excluding steroid dienone is 1. The molecule has 3 N–H and O–H groups in total. The van der Waals surface area contributed by atoms with Crippen LogP contribution in [0.2, 0.25) is 0 Å². The molecule has 2 bridgehead atoms. The van der Waals surface area contributed by atoms with Crippen LogP contribution >= 0.6 is 0 Å². The van der Waals surface area contributed by atoms with Crippen LogP contribution in [0.25, 0.3) is 6.08 Å². The summed E-state index contributed by atoms with van der Waals surface area (Å²) in [5, 5.41) is 26.5. The Balaban J connectivity index is 1.28. The molecule has 0 radical (unpaired) electrons. The number of nitrogens with zero attached hydrogens (tertiary/aromatic N) is 2. The summed E-state index contributed by atoms with van der Waals surface area (Å²) in [5.41, 5.74) is 1.24. The third-order valence-electron chi connectivity index (χ3n) is 11.4. The van der Waals surface area contributed by atoms with Crippen LogP contribution < -0.4 is 25.1 Å². The predicted molar refractivity (Wildman–Crippen MR) is 215 cm³/mol. The predicted octanol–water partition coefficient (Wildman–Crippen LogP) is 5.44. The number of fused-ring (bicyclic) bond motifs is 5. The monoisotopic (exact) mass is 799 g/mol. The Kier molecular flexibility index (Phi) is 13.4. The van der Waals surface area contributed by atoms with E-state index in [1.54, 1.807) is 43.3 Å². The molecule has 14 heteroatoms. The molecule has 3 aliphatic rings. The lowest BCUT2D eigenvalue weighted by Gasteiger charge is -2.42. The molecular weight excluding hydrogens is 746 g/mol. The third kappa shape index (κ3) is 9.32. The largest absolute Gasteiger partial charge is 0.507 e. The molecule has 3 aliphatic heterocycles. The van der Waals surface area contributed by atoms with Crippen LogP contribution in [0.4, 0.5) is 0 Å². The van der Waals surface area contributed by atoms with E-state index in [0.717, 1.165) is 12.1 Å². The third-order valence-corrected chi connectivity index (χ3v) is 11.4. The lowest BCUT2D eigenvalue weighted by atomic mass is 9.83. The zero-order chi connectivity index (χ0) is 41.5. The van der Waals surface area contributed by atoms with Gasteiger partial charge in [0.25, 0.3) is 5.56 Å². The van der Waals surface area contributed by atoms with Gasteiger partial charge in [-0.25, -0.2) is 4.79 Å². The number of hydrogen-bond donors (Lipinski definition) is 3. The van der Waals surface area contributed by atoms with Crippen molar-refractivity contribution in [1.29, 1.82) is 0 Å². The van der Waals surface area contributed by atoms with E-state index in [2.05, 4.69) is 5.32 Å². The van der Waals surface area contributed by atoms with E-state index in [-0.39, 0.29) is 88.2 Å². The van der Waals surface area contributed by atoms with E-state index >= 15 is 0 Å². The number of carbonyl (C=O) groups excluding carboxylic acids is 4. The Morgan fingerprint density at radius 2 is 1.71 bits per heavy atom. The number of amides is 2. The number of ether oxygens (including phenoxy) is 4. The molecule has 0 spiro atoms. The first-order chi connectivity index (χ1) is 27.9. The molecule has 4 atom stereocenters. The Morgan fingerprint density at radius 1 is 0.966 bits per heavy atom. The van der Waals surface area contributed by atoms with Crippen LogP contribution in [-0.4, -0.2) is 90.3 Å². The molecule has 0 aliphatic carbocycles. The molecule has 6 rings (SSSR count). The van der Waals surface area contributed by atoms with Gasteiger partial charge in [0.1, 0.15) is 22.8 Å². The van der Waals surface area contributed by atoms with E-state index in [1.165, 1.54) is 27.4 Å². The van der Waals surface area contributed by atoms with Crippen LogP contribution in [0.1, 0.15) is 109 Å². The molecule has 58 heavy (non-hydrogen) atoms. The minimum absolute atomic E-state index is 0.0316. The number of pyridine rings is 1. The van der Waals surface area contributed by atoms with Crippen molar-refractivity contribution in [3.8, 4) is 28.7 Å². The number of aromatic hydroxyl groups is 2. The Bertz CT molecular complexity index is 2100. The fraction of sp³-hybridized carbons (Fsp3) is 0.477. The van der Waals surface area contributed by atoms with Gasteiger partial charge in [-0.15, -0.1) is 0 Å². The fourth-order valence-corrected chi connectivity index (χ4v) is 8.53. The normalized spacial score (nSPS) is 20.7. The highest BCUT2D eigenvalue weighted by Crippen LogP contribution is 2.48. The number of aromatic nitrogens is 1. The van der Waals surface area contributed by atoms with Crippen LogP contribution in [0.3, 0.4) is 0 Å². The first-order valence-corrected chi connectivity index (χ1v) is 19.9. The van der Waals surface area contributed by atoms with Gasteiger partial charge in [-0.3, -0.25) is 19.2 Å². The molecule has 1 unspecified atom stereocenters. The SMILES string of the molecule is COc1cc(C(CC(=O)NCCC(=O)N2C[C@H]3C[C@@H](C2)c2cccc(=O)n2C3)c2c(O)cc3c(c2O)C(=O)O[C@@H](C)CCCC(=O)CCC/C=C/3)cc(OC)c1OC. The van der Waals surface area contributed by atoms with E-state index in [0.29, 0.717) is 63.7 Å². The maximum absolute atomic E-state index is 13.8. The van der Waals surface area contributed by atoms with Crippen molar-refractivity contribution in [1.82, 2.24) is 14.8 Å².